The minimum atomic E-state index is 0.296. The summed E-state index contributed by atoms with van der Waals surface area (Å²) in [6.07, 6.45) is 1.95. The van der Waals surface area contributed by atoms with Gasteiger partial charge >= 0.3 is 0 Å². The van der Waals surface area contributed by atoms with E-state index in [-0.39, 0.29) is 0 Å². The van der Waals surface area contributed by atoms with E-state index in [0.717, 1.165) is 54.8 Å². The summed E-state index contributed by atoms with van der Waals surface area (Å²) in [7, 11) is 1.78. The molecule has 6 nitrogen and oxygen atoms in total. The van der Waals surface area contributed by atoms with E-state index in [4.69, 9.17) is 14.2 Å². The van der Waals surface area contributed by atoms with Crippen LogP contribution in [-0.4, -0.2) is 33.0 Å². The van der Waals surface area contributed by atoms with E-state index >= 15 is 0 Å². The molecule has 2 heterocycles. The molecule has 2 aromatic carbocycles. The van der Waals surface area contributed by atoms with Gasteiger partial charge in [-0.25, -0.2) is 0 Å². The quantitative estimate of drug-likeness (QED) is 0.638. The standard InChI is InChI=1S/C20H23N3O3/c1-21-20(23-12-15-3-5-18-19(11-15)26-13-25-18)22-8-6-14-2-4-17-16(10-14)7-9-24-17/h2-5,10-11H,6-9,12-13H2,1H3,(H2,21,22,23). The number of rotatable bonds is 5. The second-order valence-electron chi connectivity index (χ2n) is 6.33. The summed E-state index contributed by atoms with van der Waals surface area (Å²) >= 11 is 0. The van der Waals surface area contributed by atoms with Crippen molar-refractivity contribution in [2.75, 3.05) is 27.0 Å². The van der Waals surface area contributed by atoms with Gasteiger partial charge in [-0.1, -0.05) is 18.2 Å². The van der Waals surface area contributed by atoms with Crippen molar-refractivity contribution in [3.05, 3.63) is 53.1 Å². The normalized spacial score (nSPS) is 14.7. The van der Waals surface area contributed by atoms with Crippen LogP contribution in [0.3, 0.4) is 0 Å². The van der Waals surface area contributed by atoms with Crippen molar-refractivity contribution < 1.29 is 14.2 Å². The number of fused-ring (bicyclic) bond motifs is 2. The van der Waals surface area contributed by atoms with Gasteiger partial charge in [-0.3, -0.25) is 4.99 Å². The van der Waals surface area contributed by atoms with Gasteiger partial charge in [0.15, 0.2) is 17.5 Å². The zero-order valence-electron chi connectivity index (χ0n) is 14.9. The Balaban J connectivity index is 1.26. The number of nitrogens with zero attached hydrogens (tertiary/aromatic N) is 1. The van der Waals surface area contributed by atoms with E-state index in [0.29, 0.717) is 13.3 Å². The second-order valence-corrected chi connectivity index (χ2v) is 6.33. The van der Waals surface area contributed by atoms with Crippen LogP contribution in [0, 0.1) is 0 Å². The molecule has 2 aliphatic rings. The fraction of sp³-hybridized carbons (Fsp3) is 0.350. The lowest BCUT2D eigenvalue weighted by Gasteiger charge is -2.12. The molecule has 4 rings (SSSR count). The van der Waals surface area contributed by atoms with Crippen LogP contribution in [0.5, 0.6) is 17.2 Å². The lowest BCUT2D eigenvalue weighted by Crippen LogP contribution is -2.37. The maximum Gasteiger partial charge on any atom is 0.231 e. The summed E-state index contributed by atoms with van der Waals surface area (Å²) in [6, 6.07) is 12.4. The van der Waals surface area contributed by atoms with Crippen LogP contribution in [0.2, 0.25) is 0 Å². The van der Waals surface area contributed by atoms with Crippen molar-refractivity contribution in [1.29, 1.82) is 0 Å². The number of hydrogen-bond acceptors (Lipinski definition) is 4. The molecule has 0 amide bonds. The third-order valence-corrected chi connectivity index (χ3v) is 4.58. The van der Waals surface area contributed by atoms with Crippen LogP contribution in [0.1, 0.15) is 16.7 Å². The minimum absolute atomic E-state index is 0.296. The smallest absolute Gasteiger partial charge is 0.231 e. The maximum atomic E-state index is 5.55. The highest BCUT2D eigenvalue weighted by atomic mass is 16.7. The Bertz CT molecular complexity index is 820. The average molecular weight is 353 g/mol. The topological polar surface area (TPSA) is 64.1 Å². The fourth-order valence-electron chi connectivity index (χ4n) is 3.18. The number of ether oxygens (including phenoxy) is 3. The molecule has 0 aromatic heterocycles. The summed E-state index contributed by atoms with van der Waals surface area (Å²) in [4.78, 5) is 4.28. The Morgan fingerprint density at radius 1 is 0.962 bits per heavy atom. The van der Waals surface area contributed by atoms with Gasteiger partial charge in [0.2, 0.25) is 6.79 Å². The minimum Gasteiger partial charge on any atom is -0.493 e. The second kappa shape index (κ2) is 7.56. The third kappa shape index (κ3) is 3.69. The molecule has 6 heteroatoms. The molecule has 2 aliphatic heterocycles. The number of aliphatic imine (C=N–C) groups is 1. The van der Waals surface area contributed by atoms with Gasteiger partial charge in [0.25, 0.3) is 0 Å². The summed E-state index contributed by atoms with van der Waals surface area (Å²) in [5, 5.41) is 6.69. The largest absolute Gasteiger partial charge is 0.493 e. The molecule has 2 N–H and O–H groups in total. The van der Waals surface area contributed by atoms with Crippen LogP contribution >= 0.6 is 0 Å². The van der Waals surface area contributed by atoms with Gasteiger partial charge in [-0.2, -0.15) is 0 Å². The maximum absolute atomic E-state index is 5.55. The molecular formula is C20H23N3O3. The zero-order chi connectivity index (χ0) is 17.8. The first-order chi connectivity index (χ1) is 12.8. The number of nitrogens with one attached hydrogen (secondary N) is 2. The highest BCUT2D eigenvalue weighted by molar-refractivity contribution is 5.79. The highest BCUT2D eigenvalue weighted by Crippen LogP contribution is 2.32. The van der Waals surface area contributed by atoms with Gasteiger partial charge in [0.05, 0.1) is 6.61 Å². The van der Waals surface area contributed by atoms with Crippen molar-refractivity contribution in [2.45, 2.75) is 19.4 Å². The fourth-order valence-corrected chi connectivity index (χ4v) is 3.18. The van der Waals surface area contributed by atoms with Crippen molar-refractivity contribution >= 4 is 5.96 Å². The van der Waals surface area contributed by atoms with E-state index in [1.54, 1.807) is 7.05 Å². The molecule has 0 atom stereocenters. The molecule has 0 saturated heterocycles. The molecule has 26 heavy (non-hydrogen) atoms. The molecule has 2 aromatic rings. The third-order valence-electron chi connectivity index (χ3n) is 4.58. The molecule has 0 radical (unpaired) electrons. The Labute approximate surface area is 153 Å². The van der Waals surface area contributed by atoms with Gasteiger partial charge in [-0.05, 0) is 41.3 Å². The van der Waals surface area contributed by atoms with Crippen molar-refractivity contribution in [1.82, 2.24) is 10.6 Å². The Hall–Kier alpha value is -2.89. The molecule has 0 saturated carbocycles. The number of hydrogen-bond donors (Lipinski definition) is 2. The van der Waals surface area contributed by atoms with E-state index < -0.39 is 0 Å². The monoisotopic (exact) mass is 353 g/mol. The predicted octanol–water partition coefficient (Wildman–Crippen LogP) is 2.26. The SMILES string of the molecule is CN=C(NCCc1ccc2c(c1)CCO2)NCc1ccc2c(c1)OCO2. The first-order valence-electron chi connectivity index (χ1n) is 8.89. The molecule has 0 fully saturated rings. The van der Waals surface area contributed by atoms with Gasteiger partial charge in [0, 0.05) is 26.6 Å². The first kappa shape index (κ1) is 16.6. The van der Waals surface area contributed by atoms with Crippen LogP contribution in [0.15, 0.2) is 41.4 Å². The van der Waals surface area contributed by atoms with E-state index in [1.165, 1.54) is 11.1 Å². The van der Waals surface area contributed by atoms with Gasteiger partial charge in [0.1, 0.15) is 5.75 Å². The van der Waals surface area contributed by atoms with Crippen molar-refractivity contribution in [3.63, 3.8) is 0 Å². The molecule has 136 valence electrons. The summed E-state index contributed by atoms with van der Waals surface area (Å²) in [5.41, 5.74) is 3.75. The van der Waals surface area contributed by atoms with E-state index in [9.17, 15) is 0 Å². The van der Waals surface area contributed by atoms with Crippen LogP contribution in [0.4, 0.5) is 0 Å². The van der Waals surface area contributed by atoms with Crippen molar-refractivity contribution in [3.8, 4) is 17.2 Å². The lowest BCUT2D eigenvalue weighted by atomic mass is 10.1. The van der Waals surface area contributed by atoms with Crippen LogP contribution < -0.4 is 24.8 Å². The first-order valence-corrected chi connectivity index (χ1v) is 8.89. The van der Waals surface area contributed by atoms with Gasteiger partial charge in [-0.15, -0.1) is 0 Å². The summed E-state index contributed by atoms with van der Waals surface area (Å²) < 4.78 is 16.3. The van der Waals surface area contributed by atoms with E-state index in [1.807, 2.05) is 18.2 Å². The Morgan fingerprint density at radius 3 is 2.73 bits per heavy atom. The van der Waals surface area contributed by atoms with E-state index in [2.05, 4.69) is 33.8 Å². The highest BCUT2D eigenvalue weighted by Gasteiger charge is 2.13. The Kier molecular flexibility index (Phi) is 4.82. The average Bonchev–Trinajstić information content (AvgIpc) is 3.32. The zero-order valence-corrected chi connectivity index (χ0v) is 14.9. The molecular weight excluding hydrogens is 330 g/mol. The van der Waals surface area contributed by atoms with Gasteiger partial charge < -0.3 is 24.8 Å². The van der Waals surface area contributed by atoms with Crippen LogP contribution in [-0.2, 0) is 19.4 Å². The molecule has 0 bridgehead atoms. The number of benzene rings is 2. The molecule has 0 spiro atoms. The molecule has 0 unspecified atom stereocenters. The van der Waals surface area contributed by atoms with Crippen LogP contribution in [0.25, 0.3) is 0 Å². The summed E-state index contributed by atoms with van der Waals surface area (Å²) in [5.74, 6) is 3.42. The van der Waals surface area contributed by atoms with Crippen molar-refractivity contribution in [2.24, 2.45) is 4.99 Å². The predicted molar refractivity (Wildman–Crippen MR) is 100 cm³/mol. The molecule has 0 aliphatic carbocycles. The summed E-state index contributed by atoms with van der Waals surface area (Å²) in [6.45, 7) is 2.59. The lowest BCUT2D eigenvalue weighted by molar-refractivity contribution is 0.174. The number of guanidine groups is 1. The Morgan fingerprint density at radius 2 is 1.81 bits per heavy atom.